The van der Waals surface area contributed by atoms with Crippen LogP contribution in [-0.2, 0) is 26.7 Å². The highest BCUT2D eigenvalue weighted by Gasteiger charge is 2.24. The van der Waals surface area contributed by atoms with Gasteiger partial charge in [0, 0.05) is 12.5 Å². The molecule has 0 fully saturated rings. The van der Waals surface area contributed by atoms with Gasteiger partial charge in [0.1, 0.15) is 0 Å². The number of rotatable bonds is 6. The summed E-state index contributed by atoms with van der Waals surface area (Å²) in [7, 11) is -3.70. The van der Waals surface area contributed by atoms with E-state index in [-0.39, 0.29) is 28.7 Å². The van der Waals surface area contributed by atoms with Crippen molar-refractivity contribution in [2.45, 2.75) is 75.8 Å². The zero-order chi connectivity index (χ0) is 21.9. The predicted octanol–water partition coefficient (Wildman–Crippen LogP) is 4.23. The topological polar surface area (TPSA) is 75.3 Å². The van der Waals surface area contributed by atoms with Crippen LogP contribution in [0.25, 0.3) is 0 Å². The van der Waals surface area contributed by atoms with Gasteiger partial charge in [-0.2, -0.15) is 0 Å². The maximum absolute atomic E-state index is 12.8. The molecule has 2 atom stereocenters. The van der Waals surface area contributed by atoms with Gasteiger partial charge in [-0.05, 0) is 60.4 Å². The summed E-state index contributed by atoms with van der Waals surface area (Å²) >= 11 is 0. The molecule has 2 aromatic carbocycles. The molecule has 162 valence electrons. The second-order valence-corrected chi connectivity index (χ2v) is 10.9. The lowest BCUT2D eigenvalue weighted by molar-refractivity contribution is -0.122. The summed E-state index contributed by atoms with van der Waals surface area (Å²) in [4.78, 5) is 12.8. The Hall–Kier alpha value is -2.18. The largest absolute Gasteiger partial charge is 0.349 e. The average Bonchev–Trinajstić information content (AvgIpc) is 2.67. The number of carbonyl (C=O) groups is 1. The van der Waals surface area contributed by atoms with Crippen molar-refractivity contribution in [2.24, 2.45) is 0 Å². The van der Waals surface area contributed by atoms with Crippen LogP contribution in [0.4, 0.5) is 0 Å². The molecule has 30 heavy (non-hydrogen) atoms. The van der Waals surface area contributed by atoms with Crippen LogP contribution in [0.3, 0.4) is 0 Å². The third kappa shape index (κ3) is 5.49. The Bertz CT molecular complexity index is 1010. The molecule has 3 rings (SSSR count). The van der Waals surface area contributed by atoms with Crippen LogP contribution in [0.5, 0.6) is 0 Å². The normalized spacial score (nSPS) is 17.8. The molecular formula is C24H32N2O3S. The number of hydrogen-bond donors (Lipinski definition) is 2. The zero-order valence-corrected chi connectivity index (χ0v) is 19.1. The minimum atomic E-state index is -3.70. The Morgan fingerprint density at radius 3 is 2.60 bits per heavy atom. The lowest BCUT2D eigenvalue weighted by Crippen LogP contribution is -2.39. The van der Waals surface area contributed by atoms with E-state index in [1.54, 1.807) is 25.1 Å². The molecule has 1 amide bonds. The molecule has 0 heterocycles. The van der Waals surface area contributed by atoms with E-state index in [0.29, 0.717) is 0 Å². The maximum atomic E-state index is 12.8. The zero-order valence-electron chi connectivity index (χ0n) is 18.2. The summed E-state index contributed by atoms with van der Waals surface area (Å²) in [6.45, 7) is 7.85. The van der Waals surface area contributed by atoms with Crippen LogP contribution in [0.15, 0.2) is 53.4 Å². The monoisotopic (exact) mass is 428 g/mol. The van der Waals surface area contributed by atoms with E-state index < -0.39 is 16.1 Å². The highest BCUT2D eigenvalue weighted by atomic mass is 32.2. The Labute approximate surface area is 180 Å². The van der Waals surface area contributed by atoms with E-state index >= 15 is 0 Å². The van der Waals surface area contributed by atoms with Gasteiger partial charge < -0.3 is 5.32 Å². The first kappa shape index (κ1) is 22.5. The van der Waals surface area contributed by atoms with Gasteiger partial charge in [0.25, 0.3) is 0 Å². The predicted molar refractivity (Wildman–Crippen MR) is 120 cm³/mol. The quantitative estimate of drug-likeness (QED) is 0.723. The number of amides is 1. The van der Waals surface area contributed by atoms with Crippen molar-refractivity contribution >= 4 is 15.9 Å². The molecule has 0 aromatic heterocycles. The van der Waals surface area contributed by atoms with Crippen LogP contribution >= 0.6 is 0 Å². The summed E-state index contributed by atoms with van der Waals surface area (Å²) < 4.78 is 28.3. The number of aryl methyl sites for hydroxylation is 1. The molecule has 2 aromatic rings. The molecule has 1 aliphatic carbocycles. The maximum Gasteiger partial charge on any atom is 0.240 e. The lowest BCUT2D eigenvalue weighted by atomic mass is 9.87. The van der Waals surface area contributed by atoms with Crippen molar-refractivity contribution in [2.75, 3.05) is 0 Å². The van der Waals surface area contributed by atoms with E-state index in [4.69, 9.17) is 0 Å². The van der Waals surface area contributed by atoms with Crippen molar-refractivity contribution in [3.8, 4) is 0 Å². The van der Waals surface area contributed by atoms with E-state index in [2.05, 4.69) is 22.2 Å². The molecule has 5 nitrogen and oxygen atoms in total. The van der Waals surface area contributed by atoms with Gasteiger partial charge in [-0.25, -0.2) is 13.1 Å². The van der Waals surface area contributed by atoms with Gasteiger partial charge in [0.2, 0.25) is 15.9 Å². The first-order valence-corrected chi connectivity index (χ1v) is 12.0. The van der Waals surface area contributed by atoms with Crippen LogP contribution in [0, 0.1) is 0 Å². The van der Waals surface area contributed by atoms with Crippen LogP contribution in [0.1, 0.15) is 69.7 Å². The van der Waals surface area contributed by atoms with Crippen molar-refractivity contribution in [3.05, 3.63) is 65.2 Å². The van der Waals surface area contributed by atoms with Gasteiger partial charge in [-0.15, -0.1) is 0 Å². The van der Waals surface area contributed by atoms with E-state index in [9.17, 15) is 13.2 Å². The number of sulfonamides is 1. The van der Waals surface area contributed by atoms with Gasteiger partial charge in [0.15, 0.2) is 0 Å². The second kappa shape index (κ2) is 8.90. The smallest absolute Gasteiger partial charge is 0.240 e. The average molecular weight is 429 g/mol. The molecule has 1 aliphatic rings. The highest BCUT2D eigenvalue weighted by Crippen LogP contribution is 2.29. The van der Waals surface area contributed by atoms with Gasteiger partial charge in [-0.1, -0.05) is 57.2 Å². The van der Waals surface area contributed by atoms with Gasteiger partial charge in [0.05, 0.1) is 10.9 Å². The van der Waals surface area contributed by atoms with Crippen molar-refractivity contribution in [1.29, 1.82) is 0 Å². The fourth-order valence-corrected chi connectivity index (χ4v) is 5.23. The molecular weight excluding hydrogens is 396 g/mol. The van der Waals surface area contributed by atoms with Crippen LogP contribution < -0.4 is 10.0 Å². The molecule has 2 unspecified atom stereocenters. The standard InChI is InChI=1S/C24H32N2O3S/c1-17(26-30(28,29)20-12-8-11-19(16-20)24(2,3)4)15-23(27)25-22-14-7-10-18-9-5-6-13-21(18)22/h5-6,8-9,11-13,16-17,22,26H,7,10,14-15H2,1-4H3,(H,25,27). The summed E-state index contributed by atoms with van der Waals surface area (Å²) in [5.41, 5.74) is 3.26. The number of fused-ring (bicyclic) bond motifs is 1. The summed E-state index contributed by atoms with van der Waals surface area (Å²) in [5.74, 6) is -0.143. The van der Waals surface area contributed by atoms with Crippen LogP contribution in [0.2, 0.25) is 0 Å². The Kier molecular flexibility index (Phi) is 6.68. The molecule has 0 spiro atoms. The fourth-order valence-electron chi connectivity index (χ4n) is 3.94. The molecule has 2 N–H and O–H groups in total. The first-order valence-electron chi connectivity index (χ1n) is 10.6. The number of hydrogen-bond acceptors (Lipinski definition) is 3. The molecule has 6 heteroatoms. The Morgan fingerprint density at radius 1 is 1.13 bits per heavy atom. The molecule has 0 radical (unpaired) electrons. The first-order chi connectivity index (χ1) is 14.1. The summed E-state index contributed by atoms with van der Waals surface area (Å²) in [5, 5.41) is 3.09. The molecule has 0 saturated carbocycles. The SMILES string of the molecule is CC(CC(=O)NC1CCCc2ccccc21)NS(=O)(=O)c1cccc(C(C)(C)C)c1. The minimum absolute atomic E-state index is 0.00488. The molecule has 0 saturated heterocycles. The summed E-state index contributed by atoms with van der Waals surface area (Å²) in [6, 6.07) is 14.6. The molecule has 0 aliphatic heterocycles. The van der Waals surface area contributed by atoms with Crippen molar-refractivity contribution in [3.63, 3.8) is 0 Å². The van der Waals surface area contributed by atoms with Gasteiger partial charge in [-0.3, -0.25) is 4.79 Å². The van der Waals surface area contributed by atoms with E-state index in [1.807, 2.05) is 39.0 Å². The Morgan fingerprint density at radius 2 is 1.87 bits per heavy atom. The van der Waals surface area contributed by atoms with E-state index in [1.165, 1.54) is 11.1 Å². The van der Waals surface area contributed by atoms with Gasteiger partial charge >= 0.3 is 0 Å². The fraction of sp³-hybridized carbons (Fsp3) is 0.458. The van der Waals surface area contributed by atoms with Crippen LogP contribution in [-0.4, -0.2) is 20.4 Å². The minimum Gasteiger partial charge on any atom is -0.349 e. The second-order valence-electron chi connectivity index (χ2n) is 9.22. The highest BCUT2D eigenvalue weighted by molar-refractivity contribution is 7.89. The molecule has 0 bridgehead atoms. The summed E-state index contributed by atoms with van der Waals surface area (Å²) in [6.07, 6.45) is 3.07. The lowest BCUT2D eigenvalue weighted by Gasteiger charge is -2.27. The Balaban J connectivity index is 1.63. The van der Waals surface area contributed by atoms with E-state index in [0.717, 1.165) is 24.8 Å². The van der Waals surface area contributed by atoms with Crippen molar-refractivity contribution < 1.29 is 13.2 Å². The third-order valence-corrected chi connectivity index (χ3v) is 7.15. The number of benzene rings is 2. The third-order valence-electron chi connectivity index (χ3n) is 5.56. The van der Waals surface area contributed by atoms with Crippen molar-refractivity contribution in [1.82, 2.24) is 10.0 Å². The number of nitrogens with one attached hydrogen (secondary N) is 2. The number of carbonyl (C=O) groups excluding carboxylic acids is 1.